The number of thiophene rings is 1. The standard InChI is InChI=1S/C19H21N3S/c1-2-5-18-16(4-1)17(14-23-18)19(15-6-9-21-10-7-15)22-12-3-8-20-11-13-22/h1-2,4-7,9-10,14,19-20H,3,8,11-13H2. The van der Waals surface area contributed by atoms with Gasteiger partial charge in [-0.2, -0.15) is 0 Å². The summed E-state index contributed by atoms with van der Waals surface area (Å²) in [6.07, 6.45) is 5.02. The first-order valence-electron chi connectivity index (χ1n) is 8.24. The molecular weight excluding hydrogens is 302 g/mol. The van der Waals surface area contributed by atoms with Gasteiger partial charge in [0, 0.05) is 36.7 Å². The summed E-state index contributed by atoms with van der Waals surface area (Å²) in [6.45, 7) is 4.38. The topological polar surface area (TPSA) is 28.2 Å². The highest BCUT2D eigenvalue weighted by Gasteiger charge is 2.25. The van der Waals surface area contributed by atoms with Crippen molar-refractivity contribution in [2.45, 2.75) is 12.5 Å². The van der Waals surface area contributed by atoms with E-state index in [1.54, 1.807) is 0 Å². The molecule has 4 rings (SSSR count). The highest BCUT2D eigenvalue weighted by molar-refractivity contribution is 7.17. The Bertz CT molecular complexity index is 760. The van der Waals surface area contributed by atoms with Gasteiger partial charge in [-0.05, 0) is 53.1 Å². The molecule has 1 aliphatic rings. The van der Waals surface area contributed by atoms with Gasteiger partial charge in [0.2, 0.25) is 0 Å². The van der Waals surface area contributed by atoms with Crippen LogP contribution in [0.1, 0.15) is 23.6 Å². The molecule has 0 spiro atoms. The van der Waals surface area contributed by atoms with Gasteiger partial charge in [-0.3, -0.25) is 9.88 Å². The third kappa shape index (κ3) is 3.02. The monoisotopic (exact) mass is 323 g/mol. The van der Waals surface area contributed by atoms with E-state index in [2.05, 4.69) is 57.0 Å². The molecule has 0 amide bonds. The molecule has 1 atom stereocenters. The summed E-state index contributed by atoms with van der Waals surface area (Å²) in [5, 5.41) is 7.24. The molecule has 0 bridgehead atoms. The van der Waals surface area contributed by atoms with E-state index in [-0.39, 0.29) is 0 Å². The van der Waals surface area contributed by atoms with E-state index in [0.29, 0.717) is 6.04 Å². The maximum atomic E-state index is 4.21. The summed E-state index contributed by atoms with van der Waals surface area (Å²) >= 11 is 1.85. The lowest BCUT2D eigenvalue weighted by atomic mass is 9.97. The number of fused-ring (bicyclic) bond motifs is 1. The van der Waals surface area contributed by atoms with Crippen LogP contribution in [0.4, 0.5) is 0 Å². The molecule has 1 aliphatic heterocycles. The van der Waals surface area contributed by atoms with E-state index >= 15 is 0 Å². The summed E-state index contributed by atoms with van der Waals surface area (Å²) in [5.74, 6) is 0. The lowest BCUT2D eigenvalue weighted by molar-refractivity contribution is 0.242. The molecule has 1 unspecified atom stereocenters. The van der Waals surface area contributed by atoms with Crippen LogP contribution < -0.4 is 5.32 Å². The lowest BCUT2D eigenvalue weighted by Gasteiger charge is -2.31. The normalized spacial score (nSPS) is 17.9. The zero-order valence-corrected chi connectivity index (χ0v) is 13.9. The molecule has 4 heteroatoms. The molecular formula is C19H21N3S. The molecule has 0 radical (unpaired) electrons. The maximum Gasteiger partial charge on any atom is 0.0617 e. The van der Waals surface area contributed by atoms with Crippen LogP contribution in [0.15, 0.2) is 54.2 Å². The summed E-state index contributed by atoms with van der Waals surface area (Å²) in [4.78, 5) is 6.82. The minimum atomic E-state index is 0.314. The van der Waals surface area contributed by atoms with Crippen molar-refractivity contribution in [2.75, 3.05) is 26.2 Å². The molecule has 3 aromatic rings. The van der Waals surface area contributed by atoms with E-state index in [9.17, 15) is 0 Å². The second-order valence-corrected chi connectivity index (χ2v) is 6.92. The van der Waals surface area contributed by atoms with Gasteiger partial charge in [0.1, 0.15) is 0 Å². The Labute approximate surface area is 141 Å². The van der Waals surface area contributed by atoms with E-state index in [4.69, 9.17) is 0 Å². The van der Waals surface area contributed by atoms with Gasteiger partial charge < -0.3 is 5.32 Å². The van der Waals surface area contributed by atoms with Crippen molar-refractivity contribution in [1.29, 1.82) is 0 Å². The zero-order valence-electron chi connectivity index (χ0n) is 13.1. The Hall–Kier alpha value is -1.75. The molecule has 2 aromatic heterocycles. The van der Waals surface area contributed by atoms with Crippen LogP contribution in [0.5, 0.6) is 0 Å². The molecule has 0 saturated carbocycles. The highest BCUT2D eigenvalue weighted by atomic mass is 32.1. The van der Waals surface area contributed by atoms with Crippen molar-refractivity contribution in [3.63, 3.8) is 0 Å². The fraction of sp³-hybridized carbons (Fsp3) is 0.316. The summed E-state index contributed by atoms with van der Waals surface area (Å²) in [6, 6.07) is 13.4. The van der Waals surface area contributed by atoms with E-state index in [0.717, 1.165) is 26.2 Å². The Morgan fingerprint density at radius 3 is 2.83 bits per heavy atom. The lowest BCUT2D eigenvalue weighted by Crippen LogP contribution is -2.32. The molecule has 1 N–H and O–H groups in total. The molecule has 118 valence electrons. The molecule has 1 aromatic carbocycles. The van der Waals surface area contributed by atoms with Crippen LogP contribution in [-0.4, -0.2) is 36.1 Å². The van der Waals surface area contributed by atoms with Crippen molar-refractivity contribution in [3.8, 4) is 0 Å². The SMILES string of the molecule is c1ccc2c(C(c3ccncc3)N3CCCNCC3)csc2c1. The van der Waals surface area contributed by atoms with Gasteiger partial charge in [-0.1, -0.05) is 18.2 Å². The van der Waals surface area contributed by atoms with Crippen LogP contribution in [0, 0.1) is 0 Å². The number of hydrogen-bond acceptors (Lipinski definition) is 4. The molecule has 1 fully saturated rings. The Balaban J connectivity index is 1.81. The third-order valence-corrected chi connectivity index (χ3v) is 5.55. The first-order chi connectivity index (χ1) is 11.4. The molecule has 3 nitrogen and oxygen atoms in total. The minimum absolute atomic E-state index is 0.314. The van der Waals surface area contributed by atoms with Gasteiger partial charge in [-0.15, -0.1) is 11.3 Å². The highest BCUT2D eigenvalue weighted by Crippen LogP contribution is 2.37. The predicted octanol–water partition coefficient (Wildman–Crippen LogP) is 3.68. The van der Waals surface area contributed by atoms with Gasteiger partial charge in [0.05, 0.1) is 6.04 Å². The molecule has 3 heterocycles. The van der Waals surface area contributed by atoms with Gasteiger partial charge in [0.15, 0.2) is 0 Å². The summed E-state index contributed by atoms with van der Waals surface area (Å²) < 4.78 is 1.37. The van der Waals surface area contributed by atoms with E-state index in [1.165, 1.54) is 27.6 Å². The van der Waals surface area contributed by atoms with Crippen molar-refractivity contribution in [2.24, 2.45) is 0 Å². The largest absolute Gasteiger partial charge is 0.315 e. The molecule has 1 saturated heterocycles. The van der Waals surface area contributed by atoms with Crippen LogP contribution in [0.25, 0.3) is 10.1 Å². The number of hydrogen-bond donors (Lipinski definition) is 1. The zero-order chi connectivity index (χ0) is 15.5. The quantitative estimate of drug-likeness (QED) is 0.797. The van der Waals surface area contributed by atoms with Crippen molar-refractivity contribution < 1.29 is 0 Å². The molecule has 23 heavy (non-hydrogen) atoms. The van der Waals surface area contributed by atoms with Gasteiger partial charge in [0.25, 0.3) is 0 Å². The van der Waals surface area contributed by atoms with E-state index in [1.807, 2.05) is 23.7 Å². The van der Waals surface area contributed by atoms with Crippen LogP contribution in [0.3, 0.4) is 0 Å². The first kappa shape index (κ1) is 14.8. The maximum absolute atomic E-state index is 4.21. The van der Waals surface area contributed by atoms with Crippen LogP contribution >= 0.6 is 11.3 Å². The fourth-order valence-electron chi connectivity index (χ4n) is 3.47. The van der Waals surface area contributed by atoms with Crippen molar-refractivity contribution in [3.05, 3.63) is 65.3 Å². The number of pyridine rings is 1. The van der Waals surface area contributed by atoms with Crippen LogP contribution in [0.2, 0.25) is 0 Å². The second kappa shape index (κ2) is 6.79. The number of aromatic nitrogens is 1. The fourth-order valence-corrected chi connectivity index (χ4v) is 4.45. The van der Waals surface area contributed by atoms with Crippen molar-refractivity contribution in [1.82, 2.24) is 15.2 Å². The summed E-state index contributed by atoms with van der Waals surface area (Å²) in [5.41, 5.74) is 2.77. The van der Waals surface area contributed by atoms with E-state index < -0.39 is 0 Å². The Morgan fingerprint density at radius 1 is 1.04 bits per heavy atom. The number of benzene rings is 1. The number of rotatable bonds is 3. The first-order valence-corrected chi connectivity index (χ1v) is 9.12. The summed E-state index contributed by atoms with van der Waals surface area (Å²) in [7, 11) is 0. The minimum Gasteiger partial charge on any atom is -0.315 e. The average Bonchev–Trinajstić information content (AvgIpc) is 2.84. The van der Waals surface area contributed by atoms with Gasteiger partial charge in [-0.25, -0.2) is 0 Å². The second-order valence-electron chi connectivity index (χ2n) is 6.01. The Morgan fingerprint density at radius 2 is 1.91 bits per heavy atom. The van der Waals surface area contributed by atoms with Gasteiger partial charge >= 0.3 is 0 Å². The molecule has 0 aliphatic carbocycles. The third-order valence-electron chi connectivity index (χ3n) is 4.57. The smallest absolute Gasteiger partial charge is 0.0617 e. The number of nitrogens with one attached hydrogen (secondary N) is 1. The number of nitrogens with zero attached hydrogens (tertiary/aromatic N) is 2. The predicted molar refractivity (Wildman–Crippen MR) is 97.0 cm³/mol. The van der Waals surface area contributed by atoms with Crippen molar-refractivity contribution >= 4 is 21.4 Å². The Kier molecular flexibility index (Phi) is 4.37. The van der Waals surface area contributed by atoms with Crippen LogP contribution in [-0.2, 0) is 0 Å². The average molecular weight is 323 g/mol.